The van der Waals surface area contributed by atoms with E-state index in [1.165, 1.54) is 0 Å². The number of allylic oxidation sites excluding steroid dienone is 1. The van der Waals surface area contributed by atoms with E-state index in [-0.39, 0.29) is 23.7 Å². The van der Waals surface area contributed by atoms with Crippen molar-refractivity contribution in [3.8, 4) is 0 Å². The topological polar surface area (TPSA) is 77.8 Å². The Bertz CT molecular complexity index is 623. The first-order chi connectivity index (χ1) is 11.6. The molecule has 0 aromatic heterocycles. The Labute approximate surface area is 150 Å². The van der Waals surface area contributed by atoms with Gasteiger partial charge in [-0.3, -0.25) is 4.79 Å². The maximum absolute atomic E-state index is 12.2. The lowest BCUT2D eigenvalue weighted by atomic mass is 9.46. The highest BCUT2D eigenvalue weighted by Gasteiger charge is 2.64. The van der Waals surface area contributed by atoms with Crippen molar-refractivity contribution >= 4 is 5.78 Å². The summed E-state index contributed by atoms with van der Waals surface area (Å²) in [5.74, 6) is -0.257. The Morgan fingerprint density at radius 2 is 1.88 bits per heavy atom. The molecule has 0 heterocycles. The predicted molar refractivity (Wildman–Crippen MR) is 94.4 cm³/mol. The molecule has 4 rings (SSSR count). The molecule has 4 aliphatic rings. The van der Waals surface area contributed by atoms with Gasteiger partial charge in [-0.05, 0) is 68.6 Å². The van der Waals surface area contributed by atoms with Crippen molar-refractivity contribution in [2.45, 2.75) is 77.6 Å². The zero-order chi connectivity index (χ0) is 18.2. The fourth-order valence-corrected chi connectivity index (χ4v) is 7.45. The number of Topliss-reactive ketones (excluding diaryl/α,β-unsaturated/α-hetero) is 1. The monoisotopic (exact) mass is 348 g/mol. The van der Waals surface area contributed by atoms with Crippen LogP contribution in [0.15, 0.2) is 11.6 Å². The maximum atomic E-state index is 12.2. The van der Waals surface area contributed by atoms with Crippen LogP contribution < -0.4 is 0 Å². The van der Waals surface area contributed by atoms with Crippen LogP contribution in [0.25, 0.3) is 0 Å². The normalized spacial score (nSPS) is 51.1. The van der Waals surface area contributed by atoms with Gasteiger partial charge in [-0.15, -0.1) is 0 Å². The first-order valence-corrected chi connectivity index (χ1v) is 9.94. The highest BCUT2D eigenvalue weighted by molar-refractivity contribution is 5.79. The van der Waals surface area contributed by atoms with Gasteiger partial charge in [0.25, 0.3) is 0 Å². The van der Waals surface area contributed by atoms with Crippen molar-refractivity contribution in [2.24, 2.45) is 34.5 Å². The van der Waals surface area contributed by atoms with Crippen molar-refractivity contribution in [2.75, 3.05) is 0 Å². The van der Waals surface area contributed by atoms with Crippen LogP contribution in [0.1, 0.15) is 65.7 Å². The molecule has 0 amide bonds. The van der Waals surface area contributed by atoms with Crippen molar-refractivity contribution in [3.05, 3.63) is 11.6 Å². The van der Waals surface area contributed by atoms with Crippen molar-refractivity contribution < 1.29 is 20.1 Å². The molecule has 0 bridgehead atoms. The molecule has 4 nitrogen and oxygen atoms in total. The largest absolute Gasteiger partial charge is 0.393 e. The Balaban J connectivity index is 1.73. The van der Waals surface area contributed by atoms with Crippen LogP contribution in [0.3, 0.4) is 0 Å². The molecule has 4 heteroatoms. The lowest BCUT2D eigenvalue weighted by Crippen LogP contribution is -2.62. The minimum atomic E-state index is -1.86. The van der Waals surface area contributed by atoms with Gasteiger partial charge in [0, 0.05) is 17.8 Å². The van der Waals surface area contributed by atoms with E-state index >= 15 is 0 Å². The number of ketones is 1. The molecule has 25 heavy (non-hydrogen) atoms. The highest BCUT2D eigenvalue weighted by Crippen LogP contribution is 2.67. The van der Waals surface area contributed by atoms with Gasteiger partial charge in [-0.25, -0.2) is 0 Å². The van der Waals surface area contributed by atoms with E-state index in [2.05, 4.69) is 13.0 Å². The lowest BCUT2D eigenvalue weighted by Gasteiger charge is -2.61. The number of aliphatic hydroxyl groups is 3. The van der Waals surface area contributed by atoms with E-state index in [1.807, 2.05) is 6.92 Å². The summed E-state index contributed by atoms with van der Waals surface area (Å²) in [6, 6.07) is 0. The van der Waals surface area contributed by atoms with Gasteiger partial charge < -0.3 is 15.3 Å². The molecule has 3 saturated carbocycles. The van der Waals surface area contributed by atoms with Gasteiger partial charge in [0.15, 0.2) is 5.79 Å². The van der Waals surface area contributed by atoms with Crippen molar-refractivity contribution in [3.63, 3.8) is 0 Å². The number of aliphatic hydroxyl groups excluding tert-OH is 1. The van der Waals surface area contributed by atoms with E-state index in [4.69, 9.17) is 0 Å². The van der Waals surface area contributed by atoms with E-state index in [1.54, 1.807) is 6.92 Å². The minimum absolute atomic E-state index is 0.0298. The van der Waals surface area contributed by atoms with Gasteiger partial charge in [-0.1, -0.05) is 25.5 Å². The Hall–Kier alpha value is -0.710. The summed E-state index contributed by atoms with van der Waals surface area (Å²) in [6.45, 7) is 6.03. The zero-order valence-electron chi connectivity index (χ0n) is 15.7. The molecular weight excluding hydrogens is 316 g/mol. The van der Waals surface area contributed by atoms with Crippen molar-refractivity contribution in [1.29, 1.82) is 0 Å². The highest BCUT2D eigenvalue weighted by atomic mass is 16.5. The SMILES string of the molecule is CC(=O)C1CCC2C3CC=C4CC(O)CC(O)(O)C4(C)C3CCC12C. The molecule has 0 aromatic rings. The fourth-order valence-electron chi connectivity index (χ4n) is 7.45. The summed E-state index contributed by atoms with van der Waals surface area (Å²) in [4.78, 5) is 12.2. The number of rotatable bonds is 1. The number of carbonyl (C=O) groups is 1. The smallest absolute Gasteiger partial charge is 0.174 e. The van der Waals surface area contributed by atoms with Crippen LogP contribution in [-0.4, -0.2) is 33.0 Å². The zero-order valence-corrected chi connectivity index (χ0v) is 15.7. The average molecular weight is 348 g/mol. The van der Waals surface area contributed by atoms with Crippen molar-refractivity contribution in [1.82, 2.24) is 0 Å². The number of hydrogen-bond donors (Lipinski definition) is 3. The van der Waals surface area contributed by atoms with E-state index < -0.39 is 17.3 Å². The molecule has 7 unspecified atom stereocenters. The van der Waals surface area contributed by atoms with Gasteiger partial charge in [-0.2, -0.15) is 0 Å². The third-order valence-electron chi connectivity index (χ3n) is 8.78. The third-order valence-corrected chi connectivity index (χ3v) is 8.78. The molecule has 3 fully saturated rings. The number of carbonyl (C=O) groups excluding carboxylic acids is 1. The first-order valence-electron chi connectivity index (χ1n) is 9.94. The molecule has 4 aliphatic carbocycles. The lowest BCUT2D eigenvalue weighted by molar-refractivity contribution is -0.280. The molecule has 0 radical (unpaired) electrons. The molecular formula is C21H32O4. The molecule has 0 spiro atoms. The van der Waals surface area contributed by atoms with E-state index in [0.717, 1.165) is 37.7 Å². The molecule has 3 N–H and O–H groups in total. The van der Waals surface area contributed by atoms with E-state index in [9.17, 15) is 20.1 Å². The molecule has 140 valence electrons. The summed E-state index contributed by atoms with van der Waals surface area (Å²) in [7, 11) is 0. The van der Waals surface area contributed by atoms with Crippen LogP contribution >= 0.6 is 0 Å². The predicted octanol–water partition coefficient (Wildman–Crippen LogP) is 2.81. The van der Waals surface area contributed by atoms with E-state index in [0.29, 0.717) is 24.0 Å². The molecule has 7 atom stereocenters. The van der Waals surface area contributed by atoms with Crippen LogP contribution in [0.5, 0.6) is 0 Å². The Morgan fingerprint density at radius 1 is 1.16 bits per heavy atom. The third kappa shape index (κ3) is 2.20. The van der Waals surface area contributed by atoms with Gasteiger partial charge in [0.1, 0.15) is 5.78 Å². The van der Waals surface area contributed by atoms with Gasteiger partial charge >= 0.3 is 0 Å². The standard InChI is InChI=1S/C21H32O4/c1-12(22)16-6-7-17-15-5-4-13-10-14(23)11-21(24,25)20(13,3)18(15)8-9-19(16,17)2/h4,14-18,23-25H,5-11H2,1-3H3. The summed E-state index contributed by atoms with van der Waals surface area (Å²) in [5, 5.41) is 31.9. The summed E-state index contributed by atoms with van der Waals surface area (Å²) in [6.07, 6.45) is 7.03. The van der Waals surface area contributed by atoms with Crippen LogP contribution in [-0.2, 0) is 4.79 Å². The average Bonchev–Trinajstić information content (AvgIpc) is 2.85. The Morgan fingerprint density at radius 3 is 2.56 bits per heavy atom. The molecule has 0 aromatic carbocycles. The Kier molecular flexibility index (Phi) is 3.82. The second-order valence-corrected chi connectivity index (χ2v) is 9.71. The quantitative estimate of drug-likeness (QED) is 0.503. The minimum Gasteiger partial charge on any atom is -0.393 e. The number of hydrogen-bond acceptors (Lipinski definition) is 4. The number of fused-ring (bicyclic) bond motifs is 5. The maximum Gasteiger partial charge on any atom is 0.174 e. The molecule has 0 aliphatic heterocycles. The van der Waals surface area contributed by atoms with Crippen LogP contribution in [0.4, 0.5) is 0 Å². The molecule has 0 saturated heterocycles. The summed E-state index contributed by atoms with van der Waals surface area (Å²) >= 11 is 0. The summed E-state index contributed by atoms with van der Waals surface area (Å²) in [5.41, 5.74) is 0.420. The van der Waals surface area contributed by atoms with Gasteiger partial charge in [0.05, 0.1) is 6.10 Å². The second-order valence-electron chi connectivity index (χ2n) is 9.71. The second kappa shape index (κ2) is 5.40. The fraction of sp³-hybridized carbons (Fsp3) is 0.857. The van der Waals surface area contributed by atoms with Crippen LogP contribution in [0.2, 0.25) is 0 Å². The summed E-state index contributed by atoms with van der Waals surface area (Å²) < 4.78 is 0. The van der Waals surface area contributed by atoms with Gasteiger partial charge in [0.2, 0.25) is 0 Å². The van der Waals surface area contributed by atoms with Crippen LogP contribution in [0, 0.1) is 34.5 Å². The first kappa shape index (κ1) is 17.7.